The van der Waals surface area contributed by atoms with Gasteiger partial charge in [0.25, 0.3) is 0 Å². The molecule has 1 N–H and O–H groups in total. The number of aromatic carboxylic acids is 1. The van der Waals surface area contributed by atoms with Crippen LogP contribution in [0, 0.1) is 6.92 Å². The van der Waals surface area contributed by atoms with Crippen LogP contribution in [0.15, 0.2) is 33.1 Å². The first-order valence-electron chi connectivity index (χ1n) is 5.64. The summed E-state index contributed by atoms with van der Waals surface area (Å²) in [6.07, 6.45) is 1.45. The Kier molecular flexibility index (Phi) is 3.98. The summed E-state index contributed by atoms with van der Waals surface area (Å²) in [6, 6.07) is 3.32. The third-order valence-corrected chi connectivity index (χ3v) is 5.95. The number of thiophene rings is 1. The zero-order chi connectivity index (χ0) is 14.9. The van der Waals surface area contributed by atoms with Gasteiger partial charge in [0.1, 0.15) is 15.5 Å². The van der Waals surface area contributed by atoms with Crippen LogP contribution in [0.1, 0.15) is 21.0 Å². The van der Waals surface area contributed by atoms with Gasteiger partial charge >= 0.3 is 5.97 Å². The highest BCUT2D eigenvalue weighted by molar-refractivity contribution is 7.89. The standard InChI is InChI=1S/C12H13NO5S2/c1-8-7-19-10(12(14)15)11(8)20(16,17)13(2)6-9-4-3-5-18-9/h3-5,7H,6H2,1-2H3,(H,14,15). The van der Waals surface area contributed by atoms with Crippen LogP contribution in [0.2, 0.25) is 0 Å². The van der Waals surface area contributed by atoms with Gasteiger partial charge in [-0.05, 0) is 30.0 Å². The van der Waals surface area contributed by atoms with E-state index in [0.29, 0.717) is 11.3 Å². The number of furan rings is 1. The fourth-order valence-electron chi connectivity index (χ4n) is 1.76. The average Bonchev–Trinajstić information content (AvgIpc) is 2.98. The van der Waals surface area contributed by atoms with Crippen molar-refractivity contribution in [3.63, 3.8) is 0 Å². The summed E-state index contributed by atoms with van der Waals surface area (Å²) >= 11 is 0.908. The molecule has 0 unspecified atom stereocenters. The van der Waals surface area contributed by atoms with Gasteiger partial charge in [-0.1, -0.05) is 0 Å². The highest BCUT2D eigenvalue weighted by atomic mass is 32.2. The van der Waals surface area contributed by atoms with Crippen LogP contribution in [0.3, 0.4) is 0 Å². The van der Waals surface area contributed by atoms with Crippen LogP contribution in [-0.2, 0) is 16.6 Å². The highest BCUT2D eigenvalue weighted by Gasteiger charge is 2.30. The van der Waals surface area contributed by atoms with E-state index in [9.17, 15) is 13.2 Å². The number of sulfonamides is 1. The second-order valence-electron chi connectivity index (χ2n) is 4.22. The van der Waals surface area contributed by atoms with Crippen LogP contribution in [0.25, 0.3) is 0 Å². The van der Waals surface area contributed by atoms with Crippen LogP contribution >= 0.6 is 11.3 Å². The predicted molar refractivity (Wildman–Crippen MR) is 73.4 cm³/mol. The first-order chi connectivity index (χ1) is 9.34. The molecular weight excluding hydrogens is 302 g/mol. The zero-order valence-electron chi connectivity index (χ0n) is 10.9. The minimum absolute atomic E-state index is 0.0453. The largest absolute Gasteiger partial charge is 0.477 e. The van der Waals surface area contributed by atoms with Crippen molar-refractivity contribution < 1.29 is 22.7 Å². The van der Waals surface area contributed by atoms with Crippen LogP contribution in [0.4, 0.5) is 0 Å². The fourth-order valence-corrected chi connectivity index (χ4v) is 4.48. The second-order valence-corrected chi connectivity index (χ2v) is 7.08. The van der Waals surface area contributed by atoms with Gasteiger partial charge in [-0.2, -0.15) is 4.31 Å². The smallest absolute Gasteiger partial charge is 0.347 e. The minimum Gasteiger partial charge on any atom is -0.477 e. The quantitative estimate of drug-likeness (QED) is 0.913. The summed E-state index contributed by atoms with van der Waals surface area (Å²) < 4.78 is 31.2. The summed E-state index contributed by atoms with van der Waals surface area (Å²) in [4.78, 5) is 10.8. The SMILES string of the molecule is Cc1csc(C(=O)O)c1S(=O)(=O)N(C)Cc1ccco1. The third-order valence-electron chi connectivity index (χ3n) is 2.74. The maximum atomic E-state index is 12.5. The van der Waals surface area contributed by atoms with Crippen LogP contribution < -0.4 is 0 Å². The number of hydrogen-bond donors (Lipinski definition) is 1. The van der Waals surface area contributed by atoms with E-state index in [-0.39, 0.29) is 16.3 Å². The second kappa shape index (κ2) is 5.39. The van der Waals surface area contributed by atoms with E-state index >= 15 is 0 Å². The van der Waals surface area contributed by atoms with E-state index < -0.39 is 16.0 Å². The number of nitrogens with zero attached hydrogens (tertiary/aromatic N) is 1. The Labute approximate surface area is 120 Å². The number of hydrogen-bond acceptors (Lipinski definition) is 5. The molecule has 0 aliphatic heterocycles. The summed E-state index contributed by atoms with van der Waals surface area (Å²) in [5.41, 5.74) is 0.429. The normalized spacial score (nSPS) is 11.9. The zero-order valence-corrected chi connectivity index (χ0v) is 12.5. The number of rotatable bonds is 5. The lowest BCUT2D eigenvalue weighted by atomic mass is 10.3. The number of carboxylic acids is 1. The molecule has 0 radical (unpaired) electrons. The summed E-state index contributed by atoms with van der Waals surface area (Å²) in [5, 5.41) is 10.6. The molecule has 0 aromatic carbocycles. The Balaban J connectivity index is 2.40. The fraction of sp³-hybridized carbons (Fsp3) is 0.250. The predicted octanol–water partition coefficient (Wildman–Crippen LogP) is 2.17. The minimum atomic E-state index is -3.88. The molecule has 108 valence electrons. The van der Waals surface area contributed by atoms with E-state index in [1.165, 1.54) is 18.7 Å². The Morgan fingerprint density at radius 1 is 1.50 bits per heavy atom. The van der Waals surface area contributed by atoms with Crippen molar-refractivity contribution in [3.8, 4) is 0 Å². The van der Waals surface area contributed by atoms with Crippen molar-refractivity contribution in [1.82, 2.24) is 4.31 Å². The number of carbonyl (C=O) groups is 1. The average molecular weight is 315 g/mol. The molecule has 0 bridgehead atoms. The number of aryl methyl sites for hydroxylation is 1. The van der Waals surface area contributed by atoms with Crippen molar-refractivity contribution in [1.29, 1.82) is 0 Å². The molecule has 0 saturated carbocycles. The van der Waals surface area contributed by atoms with Gasteiger partial charge in [0, 0.05) is 7.05 Å². The van der Waals surface area contributed by atoms with Crippen molar-refractivity contribution >= 4 is 27.3 Å². The molecule has 2 aromatic rings. The van der Waals surface area contributed by atoms with Gasteiger partial charge in [0.05, 0.1) is 12.8 Å². The molecule has 0 spiro atoms. The maximum Gasteiger partial charge on any atom is 0.347 e. The number of carboxylic acid groups (broad SMARTS) is 1. The molecule has 20 heavy (non-hydrogen) atoms. The Morgan fingerprint density at radius 2 is 2.20 bits per heavy atom. The van der Waals surface area contributed by atoms with Crippen LogP contribution in [-0.4, -0.2) is 30.8 Å². The molecule has 0 fully saturated rings. The van der Waals surface area contributed by atoms with E-state index in [0.717, 1.165) is 15.6 Å². The van der Waals surface area contributed by atoms with Crippen molar-refractivity contribution in [2.75, 3.05) is 7.05 Å². The molecule has 8 heteroatoms. The van der Waals surface area contributed by atoms with E-state index in [4.69, 9.17) is 9.52 Å². The summed E-state index contributed by atoms with van der Waals surface area (Å²) in [5.74, 6) is -0.756. The molecule has 0 atom stereocenters. The molecular formula is C12H13NO5S2. The van der Waals surface area contributed by atoms with Gasteiger partial charge in [-0.15, -0.1) is 11.3 Å². The third kappa shape index (κ3) is 2.62. The first-order valence-corrected chi connectivity index (χ1v) is 7.96. The Morgan fingerprint density at radius 3 is 2.75 bits per heavy atom. The van der Waals surface area contributed by atoms with Crippen molar-refractivity contribution in [2.24, 2.45) is 0 Å². The summed E-state index contributed by atoms with van der Waals surface area (Å²) in [6.45, 7) is 1.63. The van der Waals surface area contributed by atoms with Crippen LogP contribution in [0.5, 0.6) is 0 Å². The van der Waals surface area contributed by atoms with Crippen molar-refractivity contribution in [3.05, 3.63) is 40.0 Å². The molecule has 6 nitrogen and oxygen atoms in total. The Bertz CT molecular complexity index is 715. The summed E-state index contributed by atoms with van der Waals surface area (Å²) in [7, 11) is -2.49. The van der Waals surface area contributed by atoms with E-state index in [2.05, 4.69) is 0 Å². The molecule has 0 saturated heterocycles. The molecule has 2 rings (SSSR count). The molecule has 0 aliphatic carbocycles. The lowest BCUT2D eigenvalue weighted by Crippen LogP contribution is -2.27. The Hall–Kier alpha value is -1.64. The monoisotopic (exact) mass is 315 g/mol. The molecule has 0 amide bonds. The van der Waals surface area contributed by atoms with Gasteiger partial charge in [-0.3, -0.25) is 0 Å². The molecule has 2 aromatic heterocycles. The van der Waals surface area contributed by atoms with Gasteiger partial charge in [0.2, 0.25) is 10.0 Å². The van der Waals surface area contributed by atoms with E-state index in [1.807, 2.05) is 0 Å². The van der Waals surface area contributed by atoms with E-state index in [1.54, 1.807) is 19.1 Å². The lowest BCUT2D eigenvalue weighted by molar-refractivity contribution is 0.0698. The van der Waals surface area contributed by atoms with Gasteiger partial charge < -0.3 is 9.52 Å². The maximum absolute atomic E-state index is 12.5. The molecule has 0 aliphatic rings. The lowest BCUT2D eigenvalue weighted by Gasteiger charge is -2.16. The first kappa shape index (κ1) is 14.8. The molecule has 2 heterocycles. The van der Waals surface area contributed by atoms with Gasteiger partial charge in [-0.25, -0.2) is 13.2 Å². The highest BCUT2D eigenvalue weighted by Crippen LogP contribution is 2.29. The van der Waals surface area contributed by atoms with Gasteiger partial charge in [0.15, 0.2) is 0 Å². The van der Waals surface area contributed by atoms with Crippen molar-refractivity contribution in [2.45, 2.75) is 18.4 Å². The topological polar surface area (TPSA) is 87.8 Å².